The zero-order valence-electron chi connectivity index (χ0n) is 7.35. The maximum atomic E-state index is 2.20. The van der Waals surface area contributed by atoms with Crippen molar-refractivity contribution < 1.29 is 0 Å². The molecule has 1 aromatic rings. The molecule has 1 aliphatic carbocycles. The zero-order valence-corrected chi connectivity index (χ0v) is 8.24. The van der Waals surface area contributed by atoms with Gasteiger partial charge in [-0.1, -0.05) is 62.8 Å². The van der Waals surface area contributed by atoms with Crippen LogP contribution in [-0.2, 0) is 0 Å². The molecular weight excluding hydrogens is 175 g/mol. The van der Waals surface area contributed by atoms with E-state index in [4.69, 9.17) is 0 Å². The van der Waals surface area contributed by atoms with Crippen molar-refractivity contribution in [3.8, 4) is 0 Å². The van der Waals surface area contributed by atoms with Crippen LogP contribution in [0.4, 0.5) is 0 Å². The van der Waals surface area contributed by atoms with E-state index in [9.17, 15) is 0 Å². The van der Waals surface area contributed by atoms with E-state index in [1.165, 1.54) is 18.8 Å². The molecule has 0 unspecified atom stereocenters. The highest BCUT2D eigenvalue weighted by Crippen LogP contribution is 2.09. The average Bonchev–Trinajstić information content (AvgIpc) is 2.21. The Balaban J connectivity index is 2.21. The Morgan fingerprint density at radius 3 is 2.54 bits per heavy atom. The predicted molar refractivity (Wildman–Crippen MR) is 60.9 cm³/mol. The lowest BCUT2D eigenvalue weighted by Gasteiger charge is -2.00. The molecule has 1 heteroatoms. The predicted octanol–water partition coefficient (Wildman–Crippen LogP) is 2.95. The first-order valence-electron chi connectivity index (χ1n) is 4.41. The Kier molecular flexibility index (Phi) is 2.74. The van der Waals surface area contributed by atoms with Gasteiger partial charge in [0.05, 0.1) is 0 Å². The van der Waals surface area contributed by atoms with Crippen molar-refractivity contribution in [2.75, 3.05) is 0 Å². The van der Waals surface area contributed by atoms with Gasteiger partial charge in [-0.25, -0.2) is 0 Å². The van der Waals surface area contributed by atoms with Crippen LogP contribution in [0.15, 0.2) is 54.6 Å². The van der Waals surface area contributed by atoms with Crippen LogP contribution in [0.3, 0.4) is 0 Å². The van der Waals surface area contributed by atoms with Crippen LogP contribution in [0.1, 0.15) is 6.42 Å². The summed E-state index contributed by atoms with van der Waals surface area (Å²) in [5.74, 6) is 0. The first-order chi connectivity index (χ1) is 6.45. The minimum Gasteiger partial charge on any atom is -0.0798 e. The molecule has 2 rings (SSSR count). The summed E-state index contributed by atoms with van der Waals surface area (Å²) < 4.78 is 0. The molecule has 0 heterocycles. The minimum absolute atomic E-state index is 1.09. The van der Waals surface area contributed by atoms with E-state index in [2.05, 4.69) is 54.6 Å². The second-order valence-corrected chi connectivity index (χ2v) is 4.24. The van der Waals surface area contributed by atoms with Gasteiger partial charge in [0.15, 0.2) is 0 Å². The number of rotatable bonds is 1. The molecule has 64 valence electrons. The van der Waals surface area contributed by atoms with Crippen LogP contribution in [0, 0.1) is 0 Å². The molecular formula is C12H11P. The van der Waals surface area contributed by atoms with Gasteiger partial charge >= 0.3 is 0 Å². The monoisotopic (exact) mass is 186 g/mol. The van der Waals surface area contributed by atoms with Gasteiger partial charge in [0.25, 0.3) is 0 Å². The lowest BCUT2D eigenvalue weighted by Crippen LogP contribution is -1.96. The van der Waals surface area contributed by atoms with Crippen LogP contribution in [-0.4, -0.2) is 5.29 Å². The molecule has 0 atom stereocenters. The normalized spacial score (nSPS) is 18.0. The number of benzene rings is 1. The van der Waals surface area contributed by atoms with Gasteiger partial charge in [-0.3, -0.25) is 0 Å². The first-order valence-corrected chi connectivity index (χ1v) is 5.30. The highest BCUT2D eigenvalue weighted by Gasteiger charge is 1.94. The standard InChI is InChI=1S/C12H11P/c1-3-7-11(8-4-1)13-12-9-5-2-6-10-12/h1-9H,10H2. The second kappa shape index (κ2) is 4.20. The first kappa shape index (κ1) is 8.47. The van der Waals surface area contributed by atoms with Crippen LogP contribution in [0.2, 0.25) is 0 Å². The smallest absolute Gasteiger partial charge is 0.00204 e. The fraction of sp³-hybridized carbons (Fsp3) is 0.0833. The van der Waals surface area contributed by atoms with Crippen LogP contribution < -0.4 is 5.30 Å². The molecule has 0 aromatic heterocycles. The van der Waals surface area contributed by atoms with Crippen molar-refractivity contribution in [3.05, 3.63) is 54.6 Å². The van der Waals surface area contributed by atoms with Crippen molar-refractivity contribution >= 4 is 18.8 Å². The van der Waals surface area contributed by atoms with Gasteiger partial charge in [-0.2, -0.15) is 0 Å². The molecule has 0 saturated heterocycles. The Morgan fingerprint density at radius 2 is 1.85 bits per heavy atom. The highest BCUT2D eigenvalue weighted by molar-refractivity contribution is 7.49. The van der Waals surface area contributed by atoms with Crippen molar-refractivity contribution in [1.82, 2.24) is 0 Å². The fourth-order valence-electron chi connectivity index (χ4n) is 1.25. The number of hydrogen-bond donors (Lipinski definition) is 0. The van der Waals surface area contributed by atoms with Gasteiger partial charge < -0.3 is 0 Å². The van der Waals surface area contributed by atoms with Crippen molar-refractivity contribution in [1.29, 1.82) is 0 Å². The lowest BCUT2D eigenvalue weighted by molar-refractivity contribution is 1.50. The summed E-state index contributed by atoms with van der Waals surface area (Å²) in [6.07, 6.45) is 9.70. The molecule has 0 radical (unpaired) electrons. The zero-order chi connectivity index (χ0) is 8.93. The lowest BCUT2D eigenvalue weighted by atomic mass is 10.2. The Bertz CT molecular complexity index is 358. The van der Waals surface area contributed by atoms with E-state index >= 15 is 0 Å². The second-order valence-electron chi connectivity index (χ2n) is 2.93. The number of hydrogen-bond acceptors (Lipinski definition) is 0. The summed E-state index contributed by atoms with van der Waals surface area (Å²) >= 11 is 0. The Hall–Kier alpha value is -1.13. The molecule has 0 spiro atoms. The summed E-state index contributed by atoms with van der Waals surface area (Å²) in [7, 11) is 1.34. The van der Waals surface area contributed by atoms with Gasteiger partial charge in [-0.15, -0.1) is 0 Å². The third kappa shape index (κ3) is 2.40. The van der Waals surface area contributed by atoms with E-state index in [0.717, 1.165) is 6.42 Å². The topological polar surface area (TPSA) is 0 Å². The third-order valence-corrected chi connectivity index (χ3v) is 3.07. The van der Waals surface area contributed by atoms with Crippen LogP contribution >= 0.6 is 8.20 Å². The van der Waals surface area contributed by atoms with E-state index in [1.54, 1.807) is 0 Å². The largest absolute Gasteiger partial charge is 0.0798 e. The van der Waals surface area contributed by atoms with E-state index < -0.39 is 0 Å². The molecule has 0 aliphatic heterocycles. The van der Waals surface area contributed by atoms with Crippen LogP contribution in [0.25, 0.3) is 0 Å². The molecule has 0 amide bonds. The molecule has 13 heavy (non-hydrogen) atoms. The summed E-state index contributed by atoms with van der Waals surface area (Å²) in [6.45, 7) is 0. The highest BCUT2D eigenvalue weighted by atomic mass is 31.1. The minimum atomic E-state index is 1.09. The summed E-state index contributed by atoms with van der Waals surface area (Å²) in [5.41, 5.74) is 0. The Labute approximate surface area is 80.4 Å². The molecule has 0 fully saturated rings. The van der Waals surface area contributed by atoms with E-state index in [1.807, 2.05) is 0 Å². The average molecular weight is 186 g/mol. The van der Waals surface area contributed by atoms with Gasteiger partial charge in [0, 0.05) is 5.30 Å². The molecule has 0 bridgehead atoms. The summed E-state index contributed by atoms with van der Waals surface area (Å²) in [5, 5.41) is 2.84. The number of allylic oxidation sites excluding steroid dienone is 4. The fourth-order valence-corrected chi connectivity index (χ4v) is 2.26. The molecule has 0 nitrogen and oxygen atoms in total. The van der Waals surface area contributed by atoms with Gasteiger partial charge in [0.2, 0.25) is 0 Å². The van der Waals surface area contributed by atoms with Crippen molar-refractivity contribution in [3.63, 3.8) is 0 Å². The van der Waals surface area contributed by atoms with Crippen molar-refractivity contribution in [2.45, 2.75) is 6.42 Å². The van der Waals surface area contributed by atoms with Gasteiger partial charge in [-0.05, 0) is 11.7 Å². The molecule has 1 aliphatic rings. The third-order valence-electron chi connectivity index (χ3n) is 1.89. The molecule has 0 N–H and O–H groups in total. The van der Waals surface area contributed by atoms with Crippen LogP contribution in [0.5, 0.6) is 0 Å². The van der Waals surface area contributed by atoms with E-state index in [-0.39, 0.29) is 0 Å². The van der Waals surface area contributed by atoms with E-state index in [0.29, 0.717) is 0 Å². The SMILES string of the molecule is C1=CCC(=Pc2ccccc2)C=C1. The summed E-state index contributed by atoms with van der Waals surface area (Å²) in [6, 6.07) is 10.6. The maximum absolute atomic E-state index is 2.20. The molecule has 1 aromatic carbocycles. The summed E-state index contributed by atoms with van der Waals surface area (Å²) in [4.78, 5) is 0. The maximum Gasteiger partial charge on any atom is 0.00204 e. The molecule has 0 saturated carbocycles. The van der Waals surface area contributed by atoms with Crippen molar-refractivity contribution in [2.24, 2.45) is 0 Å². The Morgan fingerprint density at radius 1 is 1.00 bits per heavy atom. The van der Waals surface area contributed by atoms with Gasteiger partial charge in [0.1, 0.15) is 0 Å². The quantitative estimate of drug-likeness (QED) is 0.591.